The summed E-state index contributed by atoms with van der Waals surface area (Å²) in [4.78, 5) is 42.6. The molecule has 2 saturated heterocycles. The van der Waals surface area contributed by atoms with Gasteiger partial charge in [0, 0.05) is 44.5 Å². The molecule has 2 aromatic carbocycles. The molecule has 43 heavy (non-hydrogen) atoms. The van der Waals surface area contributed by atoms with Gasteiger partial charge in [0.2, 0.25) is 17.7 Å². The third-order valence-corrected chi connectivity index (χ3v) is 9.19. The molecular weight excluding hydrogens is 568 g/mol. The Hall–Kier alpha value is -3.40. The van der Waals surface area contributed by atoms with E-state index < -0.39 is 11.5 Å². The largest absolute Gasteiger partial charge is 0.495 e. The van der Waals surface area contributed by atoms with Crippen molar-refractivity contribution in [3.8, 4) is 5.75 Å². The minimum atomic E-state index is -0.682. The van der Waals surface area contributed by atoms with Crippen LogP contribution in [0.3, 0.4) is 0 Å². The number of hydrogen-bond acceptors (Lipinski definition) is 6. The minimum Gasteiger partial charge on any atom is -0.495 e. The standard InChI is InChI=1S/C33H41ClN4O5/c1-42-29-11-10-25(20-26(29)34)35-30(39)22-38-16-12-27-24(21-38)9-5-6-13-33(14-17-43-18-15-33)32(41)37-28(31(40)36-27)19-23-7-3-2-4-8-23/h2-8,10-11,20,24,27-28H,9,12-19,21-22H2,1H3,(H,35,39)(H,36,40)(H,37,41)/t24-,27+,28-/m1/s1. The van der Waals surface area contributed by atoms with Crippen LogP contribution in [0.1, 0.15) is 37.7 Å². The second-order valence-corrected chi connectivity index (χ2v) is 12.2. The molecular formula is C33H41ClN4O5. The highest BCUT2D eigenvalue weighted by Gasteiger charge is 2.41. The molecule has 10 heteroatoms. The fraction of sp³-hybridized carbons (Fsp3) is 0.485. The molecule has 0 aliphatic carbocycles. The van der Waals surface area contributed by atoms with Crippen molar-refractivity contribution in [1.29, 1.82) is 0 Å². The number of allylic oxidation sites excluding steroid dienone is 2. The van der Waals surface area contributed by atoms with E-state index in [1.165, 1.54) is 0 Å². The average molecular weight is 609 g/mol. The zero-order valence-electron chi connectivity index (χ0n) is 24.7. The van der Waals surface area contributed by atoms with Gasteiger partial charge in [-0.1, -0.05) is 54.1 Å². The summed E-state index contributed by atoms with van der Waals surface area (Å²) in [5.41, 5.74) is 1.01. The number of hydrogen-bond donors (Lipinski definition) is 3. The third-order valence-electron chi connectivity index (χ3n) is 8.90. The maximum Gasteiger partial charge on any atom is 0.243 e. The lowest BCUT2D eigenvalue weighted by Gasteiger charge is -2.40. The fourth-order valence-electron chi connectivity index (χ4n) is 6.35. The van der Waals surface area contributed by atoms with Gasteiger partial charge >= 0.3 is 0 Å². The number of ether oxygens (including phenoxy) is 2. The van der Waals surface area contributed by atoms with E-state index in [0.29, 0.717) is 74.9 Å². The summed E-state index contributed by atoms with van der Waals surface area (Å²) in [6.45, 7) is 2.63. The van der Waals surface area contributed by atoms with E-state index in [9.17, 15) is 14.4 Å². The molecule has 2 fully saturated rings. The molecule has 3 aliphatic heterocycles. The van der Waals surface area contributed by atoms with Crippen LogP contribution in [0.2, 0.25) is 5.02 Å². The Balaban J connectivity index is 1.30. The lowest BCUT2D eigenvalue weighted by atomic mass is 9.75. The quantitative estimate of drug-likeness (QED) is 0.428. The van der Waals surface area contributed by atoms with E-state index >= 15 is 0 Å². The van der Waals surface area contributed by atoms with Crippen molar-refractivity contribution >= 4 is 35.0 Å². The van der Waals surface area contributed by atoms with Crippen LogP contribution in [0.15, 0.2) is 60.7 Å². The summed E-state index contributed by atoms with van der Waals surface area (Å²) < 4.78 is 10.8. The molecule has 3 amide bonds. The Bertz CT molecular complexity index is 1310. The van der Waals surface area contributed by atoms with Crippen LogP contribution in [-0.2, 0) is 25.5 Å². The van der Waals surface area contributed by atoms with E-state index in [0.717, 1.165) is 12.0 Å². The molecule has 5 rings (SSSR count). The molecule has 0 bridgehead atoms. The summed E-state index contributed by atoms with van der Waals surface area (Å²) in [6, 6.07) is 14.2. The van der Waals surface area contributed by atoms with Crippen molar-refractivity contribution in [2.75, 3.05) is 45.3 Å². The first kappa shape index (κ1) is 31.0. The summed E-state index contributed by atoms with van der Waals surface area (Å²) in [6.07, 6.45) is 7.98. The Labute approximate surface area is 258 Å². The van der Waals surface area contributed by atoms with Gasteiger partial charge in [-0.25, -0.2) is 0 Å². The van der Waals surface area contributed by atoms with Crippen LogP contribution in [0.5, 0.6) is 5.75 Å². The number of carbonyl (C=O) groups is 3. The van der Waals surface area contributed by atoms with Gasteiger partial charge in [-0.15, -0.1) is 0 Å². The average Bonchev–Trinajstić information content (AvgIpc) is 3.00. The second kappa shape index (κ2) is 14.4. The van der Waals surface area contributed by atoms with Gasteiger partial charge < -0.3 is 25.4 Å². The molecule has 0 unspecified atom stereocenters. The number of nitrogens with zero attached hydrogens (tertiary/aromatic N) is 1. The monoisotopic (exact) mass is 608 g/mol. The van der Waals surface area contributed by atoms with E-state index in [-0.39, 0.29) is 36.2 Å². The van der Waals surface area contributed by atoms with E-state index in [1.807, 2.05) is 30.3 Å². The van der Waals surface area contributed by atoms with Crippen LogP contribution in [-0.4, -0.2) is 74.7 Å². The summed E-state index contributed by atoms with van der Waals surface area (Å²) >= 11 is 6.22. The van der Waals surface area contributed by atoms with E-state index in [2.05, 4.69) is 33.0 Å². The molecule has 0 radical (unpaired) electrons. The molecule has 3 N–H and O–H groups in total. The summed E-state index contributed by atoms with van der Waals surface area (Å²) in [5.74, 6) is 0.302. The first-order valence-corrected chi connectivity index (χ1v) is 15.5. The molecule has 3 heterocycles. The second-order valence-electron chi connectivity index (χ2n) is 11.8. The maximum absolute atomic E-state index is 13.8. The minimum absolute atomic E-state index is 0.0662. The number of fused-ring (bicyclic) bond motifs is 1. The zero-order valence-corrected chi connectivity index (χ0v) is 25.4. The molecule has 1 spiro atoms. The summed E-state index contributed by atoms with van der Waals surface area (Å²) in [7, 11) is 1.55. The van der Waals surface area contributed by atoms with Crippen molar-refractivity contribution in [2.24, 2.45) is 11.3 Å². The number of rotatable bonds is 6. The Morgan fingerprint density at radius 1 is 1.12 bits per heavy atom. The van der Waals surface area contributed by atoms with Crippen LogP contribution in [0.4, 0.5) is 5.69 Å². The predicted molar refractivity (Wildman–Crippen MR) is 166 cm³/mol. The molecule has 0 aromatic heterocycles. The molecule has 230 valence electrons. The lowest BCUT2D eigenvalue weighted by Crippen LogP contribution is -2.58. The normalized spacial score (nSPS) is 24.6. The number of likely N-dealkylation sites (tertiary alicyclic amines) is 1. The zero-order chi connectivity index (χ0) is 30.2. The number of benzene rings is 2. The Kier molecular flexibility index (Phi) is 10.4. The highest BCUT2D eigenvalue weighted by atomic mass is 35.5. The van der Waals surface area contributed by atoms with Gasteiger partial charge in [0.25, 0.3) is 0 Å². The fourth-order valence-corrected chi connectivity index (χ4v) is 6.61. The van der Waals surface area contributed by atoms with E-state index in [1.54, 1.807) is 25.3 Å². The number of methoxy groups -OCH3 is 1. The molecule has 2 aromatic rings. The van der Waals surface area contributed by atoms with Crippen molar-refractivity contribution in [2.45, 2.75) is 50.6 Å². The van der Waals surface area contributed by atoms with Crippen molar-refractivity contribution in [3.05, 3.63) is 71.3 Å². The molecule has 3 atom stereocenters. The number of halogens is 1. The van der Waals surface area contributed by atoms with Crippen LogP contribution in [0, 0.1) is 11.3 Å². The molecule has 0 saturated carbocycles. The number of carbonyl (C=O) groups excluding carboxylic acids is 3. The Morgan fingerprint density at radius 2 is 1.91 bits per heavy atom. The van der Waals surface area contributed by atoms with Crippen molar-refractivity contribution < 1.29 is 23.9 Å². The van der Waals surface area contributed by atoms with Crippen LogP contribution < -0.4 is 20.7 Å². The number of anilines is 1. The molecule has 3 aliphatic rings. The smallest absolute Gasteiger partial charge is 0.243 e. The van der Waals surface area contributed by atoms with Gasteiger partial charge in [0.15, 0.2) is 0 Å². The molecule has 9 nitrogen and oxygen atoms in total. The number of amides is 3. The highest BCUT2D eigenvalue weighted by molar-refractivity contribution is 6.32. The highest BCUT2D eigenvalue weighted by Crippen LogP contribution is 2.36. The van der Waals surface area contributed by atoms with Crippen LogP contribution in [0.25, 0.3) is 0 Å². The topological polar surface area (TPSA) is 109 Å². The maximum atomic E-state index is 13.8. The van der Waals surface area contributed by atoms with Gasteiger partial charge in [-0.05, 0) is 61.8 Å². The Morgan fingerprint density at radius 3 is 2.65 bits per heavy atom. The third kappa shape index (κ3) is 7.96. The number of piperidine rings is 1. The van der Waals surface area contributed by atoms with Gasteiger partial charge in [-0.2, -0.15) is 0 Å². The van der Waals surface area contributed by atoms with E-state index in [4.69, 9.17) is 21.1 Å². The van der Waals surface area contributed by atoms with Crippen molar-refractivity contribution in [3.63, 3.8) is 0 Å². The van der Waals surface area contributed by atoms with Gasteiger partial charge in [-0.3, -0.25) is 19.3 Å². The first-order chi connectivity index (χ1) is 20.8. The van der Waals surface area contributed by atoms with Crippen LogP contribution >= 0.6 is 11.6 Å². The lowest BCUT2D eigenvalue weighted by molar-refractivity contribution is -0.140. The van der Waals surface area contributed by atoms with Gasteiger partial charge in [0.05, 0.1) is 24.1 Å². The predicted octanol–water partition coefficient (Wildman–Crippen LogP) is 3.97. The summed E-state index contributed by atoms with van der Waals surface area (Å²) in [5, 5.41) is 9.78. The van der Waals surface area contributed by atoms with Crippen molar-refractivity contribution in [1.82, 2.24) is 15.5 Å². The first-order valence-electron chi connectivity index (χ1n) is 15.1. The number of nitrogens with one attached hydrogen (secondary N) is 3. The SMILES string of the molecule is COc1ccc(NC(=O)CN2CC[C@@H]3NC(=O)[C@@H](Cc4ccccc4)NC(=O)C4(CC=CC[C@@H]3C2)CCOCC4)cc1Cl. The van der Waals surface area contributed by atoms with Gasteiger partial charge in [0.1, 0.15) is 11.8 Å².